The fraction of sp³-hybridized carbons (Fsp3) is 0.696. The molecule has 36 heavy (non-hydrogen) atoms. The Labute approximate surface area is 214 Å². The number of hydrogen-bond donors (Lipinski definition) is 3. The lowest BCUT2D eigenvalue weighted by Crippen LogP contribution is -2.34. The lowest BCUT2D eigenvalue weighted by molar-refractivity contribution is -0.124. The second-order valence-corrected chi connectivity index (χ2v) is 12.0. The van der Waals surface area contributed by atoms with Crippen LogP contribution in [0.4, 0.5) is 0 Å². The van der Waals surface area contributed by atoms with E-state index in [9.17, 15) is 24.5 Å². The Bertz CT molecular complexity index is 1120. The zero-order valence-electron chi connectivity index (χ0n) is 20.3. The van der Waals surface area contributed by atoms with Crippen LogP contribution in [0.5, 0.6) is 0 Å². The van der Waals surface area contributed by atoms with Crippen LogP contribution in [0.2, 0.25) is 5.28 Å². The summed E-state index contributed by atoms with van der Waals surface area (Å²) in [5.41, 5.74) is 1.34. The van der Waals surface area contributed by atoms with Crippen molar-refractivity contribution < 1.29 is 38.5 Å². The third-order valence-corrected chi connectivity index (χ3v) is 7.99. The van der Waals surface area contributed by atoms with Gasteiger partial charge in [-0.05, 0) is 30.0 Å². The summed E-state index contributed by atoms with van der Waals surface area (Å²) in [6, 6.07) is 1.85. The number of ether oxygens (including phenoxy) is 2. The van der Waals surface area contributed by atoms with Gasteiger partial charge in [-0.15, -0.1) is 0 Å². The summed E-state index contributed by atoms with van der Waals surface area (Å²) >= 11 is 6.22. The highest BCUT2D eigenvalue weighted by Crippen LogP contribution is 2.42. The van der Waals surface area contributed by atoms with Gasteiger partial charge in [-0.25, -0.2) is 4.98 Å². The lowest BCUT2D eigenvalue weighted by Gasteiger charge is -2.18. The molecule has 11 nitrogen and oxygen atoms in total. The number of Topliss-reactive ketones (excluding diaryl/α,β-unsaturated/α-hetero) is 1. The predicted octanol–water partition coefficient (Wildman–Crippen LogP) is 2.84. The number of aromatic nitrogens is 3. The summed E-state index contributed by atoms with van der Waals surface area (Å²) in [7, 11) is -4.18. The maximum absolute atomic E-state index is 12.1. The topological polar surface area (TPSA) is 153 Å². The lowest BCUT2D eigenvalue weighted by atomic mass is 10.0. The molecule has 1 aliphatic carbocycles. The average Bonchev–Trinajstić information content (AvgIpc) is 3.54. The summed E-state index contributed by atoms with van der Waals surface area (Å²) in [5.74, 6) is -0.0803. The molecule has 13 heteroatoms. The minimum Gasteiger partial charge on any atom is -0.387 e. The molecule has 0 bridgehead atoms. The van der Waals surface area contributed by atoms with Crippen molar-refractivity contribution in [1.82, 2.24) is 14.5 Å². The molecule has 4 rings (SSSR count). The second kappa shape index (κ2) is 11.5. The highest BCUT2D eigenvalue weighted by molar-refractivity contribution is 7.52. The van der Waals surface area contributed by atoms with Gasteiger partial charge < -0.3 is 29.1 Å². The fourth-order valence-corrected chi connectivity index (χ4v) is 5.59. The van der Waals surface area contributed by atoms with Gasteiger partial charge in [0, 0.05) is 17.5 Å². The molecule has 0 aromatic carbocycles. The van der Waals surface area contributed by atoms with E-state index in [1.165, 1.54) is 12.8 Å². The number of aliphatic hydroxyl groups excluding tert-OH is 2. The molecule has 200 valence electrons. The quantitative estimate of drug-likeness (QED) is 0.284. The average molecular weight is 546 g/mol. The molecular weight excluding hydrogens is 513 g/mol. The van der Waals surface area contributed by atoms with Crippen LogP contribution < -0.4 is 0 Å². The Morgan fingerprint density at radius 2 is 2.00 bits per heavy atom. The molecule has 3 heterocycles. The van der Waals surface area contributed by atoms with Crippen molar-refractivity contribution in [2.45, 2.75) is 70.5 Å². The molecule has 5 atom stereocenters. The molecule has 2 aromatic heterocycles. The van der Waals surface area contributed by atoms with Gasteiger partial charge in [0.05, 0.1) is 12.3 Å². The second-order valence-electron chi connectivity index (χ2n) is 9.83. The van der Waals surface area contributed by atoms with Gasteiger partial charge in [0.2, 0.25) is 5.28 Å². The number of nitrogens with zero attached hydrogens (tertiary/aromatic N) is 3. The zero-order chi connectivity index (χ0) is 26.0. The standard InChI is InChI=1S/C23H33ClN3O8P/c1-13(2)17(28)10-34-36(31,32)12-33-11-18-19(29)20(30)22(35-18)27-8-7-15-16(9-14-5-3-4-6-14)25-23(24)26-21(15)27/h7-8,13-14,18-20,22,29-30H,3-6,9-12H2,1-2H3,(H,31,32)/t18-,19-,20-,22-/m1/s1. The van der Waals surface area contributed by atoms with Gasteiger partial charge >= 0.3 is 7.60 Å². The smallest absolute Gasteiger partial charge is 0.353 e. The first kappa shape index (κ1) is 27.6. The molecule has 1 unspecified atom stereocenters. The van der Waals surface area contributed by atoms with Crippen molar-refractivity contribution in [2.75, 3.05) is 19.6 Å². The molecule has 0 amide bonds. The van der Waals surface area contributed by atoms with Gasteiger partial charge in [-0.2, -0.15) is 4.98 Å². The Morgan fingerprint density at radius 1 is 1.28 bits per heavy atom. The van der Waals surface area contributed by atoms with Crippen LogP contribution in [0.3, 0.4) is 0 Å². The highest BCUT2D eigenvalue weighted by Gasteiger charge is 2.44. The molecule has 3 N–H and O–H groups in total. The molecule has 1 saturated carbocycles. The maximum atomic E-state index is 12.1. The predicted molar refractivity (Wildman–Crippen MR) is 131 cm³/mol. The molecule has 2 aromatic rings. The number of halogens is 1. The summed E-state index contributed by atoms with van der Waals surface area (Å²) < 4.78 is 29.7. The first-order valence-electron chi connectivity index (χ1n) is 12.2. The van der Waals surface area contributed by atoms with Crippen LogP contribution in [-0.2, 0) is 29.8 Å². The van der Waals surface area contributed by atoms with Crippen molar-refractivity contribution in [3.05, 3.63) is 23.2 Å². The van der Waals surface area contributed by atoms with E-state index in [-0.39, 0.29) is 23.6 Å². The maximum Gasteiger partial charge on any atom is 0.353 e. The zero-order valence-corrected chi connectivity index (χ0v) is 22.0. The molecule has 2 fully saturated rings. The van der Waals surface area contributed by atoms with E-state index in [2.05, 4.69) is 9.97 Å². The largest absolute Gasteiger partial charge is 0.387 e. The first-order chi connectivity index (χ1) is 17.1. The Hall–Kier alpha value is -1.43. The highest BCUT2D eigenvalue weighted by atomic mass is 35.5. The van der Waals surface area contributed by atoms with E-state index in [4.69, 9.17) is 25.6 Å². The van der Waals surface area contributed by atoms with Crippen LogP contribution in [0, 0.1) is 11.8 Å². The molecule has 1 saturated heterocycles. The molecule has 0 radical (unpaired) electrons. The van der Waals surface area contributed by atoms with Gasteiger partial charge in [0.15, 0.2) is 12.0 Å². The number of aliphatic hydroxyl groups is 2. The minimum atomic E-state index is -4.18. The normalized spacial score (nSPS) is 26.8. The van der Waals surface area contributed by atoms with E-state index < -0.39 is 45.1 Å². The number of rotatable bonds is 11. The number of ketones is 1. The van der Waals surface area contributed by atoms with E-state index in [1.54, 1.807) is 24.6 Å². The first-order valence-corrected chi connectivity index (χ1v) is 14.3. The van der Waals surface area contributed by atoms with Gasteiger partial charge in [0.25, 0.3) is 0 Å². The van der Waals surface area contributed by atoms with Gasteiger partial charge in [-0.1, -0.05) is 39.5 Å². The third-order valence-electron chi connectivity index (χ3n) is 6.78. The monoisotopic (exact) mass is 545 g/mol. The molecule has 2 aliphatic rings. The summed E-state index contributed by atoms with van der Waals surface area (Å²) in [6.07, 6.45) is 1.98. The van der Waals surface area contributed by atoms with Crippen LogP contribution in [0.1, 0.15) is 51.5 Å². The van der Waals surface area contributed by atoms with Crippen LogP contribution in [0.25, 0.3) is 11.0 Å². The van der Waals surface area contributed by atoms with Crippen LogP contribution >= 0.6 is 19.2 Å². The van der Waals surface area contributed by atoms with Gasteiger partial charge in [-0.3, -0.25) is 13.9 Å². The van der Waals surface area contributed by atoms with E-state index in [1.807, 2.05) is 6.07 Å². The van der Waals surface area contributed by atoms with Crippen molar-refractivity contribution in [1.29, 1.82) is 0 Å². The summed E-state index contributed by atoms with van der Waals surface area (Å²) in [5, 5.41) is 22.1. The summed E-state index contributed by atoms with van der Waals surface area (Å²) in [6.45, 7) is 2.56. The van der Waals surface area contributed by atoms with Crippen LogP contribution in [0.15, 0.2) is 12.3 Å². The summed E-state index contributed by atoms with van der Waals surface area (Å²) in [4.78, 5) is 30.3. The fourth-order valence-electron chi connectivity index (χ4n) is 4.66. The number of fused-ring (bicyclic) bond motifs is 1. The van der Waals surface area contributed by atoms with E-state index in [0.29, 0.717) is 11.6 Å². The Balaban J connectivity index is 1.41. The number of carbonyl (C=O) groups is 1. The number of hydrogen-bond acceptors (Lipinski definition) is 9. The van der Waals surface area contributed by atoms with Crippen molar-refractivity contribution >= 4 is 36.0 Å². The van der Waals surface area contributed by atoms with Crippen LogP contribution in [-0.4, -0.2) is 73.3 Å². The molecule has 1 aliphatic heterocycles. The van der Waals surface area contributed by atoms with Crippen molar-refractivity contribution in [3.8, 4) is 0 Å². The van der Waals surface area contributed by atoms with Gasteiger partial charge in [0.1, 0.15) is 36.9 Å². The van der Waals surface area contributed by atoms with E-state index >= 15 is 0 Å². The Morgan fingerprint density at radius 3 is 2.69 bits per heavy atom. The minimum absolute atomic E-state index is 0.0954. The Kier molecular flexibility index (Phi) is 8.84. The molecular formula is C23H33ClN3O8P. The van der Waals surface area contributed by atoms with Crippen molar-refractivity contribution in [2.24, 2.45) is 11.8 Å². The SMILES string of the molecule is CC(C)C(=O)COP(=O)(O)COC[C@H]1O[C@@H](n2ccc3c(CC4CCCC4)nc(Cl)nc32)[C@H](O)[C@@H]1O. The molecule has 0 spiro atoms. The van der Waals surface area contributed by atoms with Crippen molar-refractivity contribution in [3.63, 3.8) is 0 Å². The number of carbonyl (C=O) groups excluding carboxylic acids is 1. The third kappa shape index (κ3) is 6.34. The van der Waals surface area contributed by atoms with E-state index in [0.717, 1.165) is 30.3 Å².